The topological polar surface area (TPSA) is 30.5 Å². The minimum atomic E-state index is -0.711. The maximum absolute atomic E-state index is 7.12. The number of nitrogens with one attached hydrogen (secondary N) is 1. The van der Waals surface area contributed by atoms with Crippen molar-refractivity contribution in [2.24, 2.45) is 5.92 Å². The van der Waals surface area contributed by atoms with E-state index in [0.29, 0.717) is 5.92 Å². The highest BCUT2D eigenvalue weighted by molar-refractivity contribution is 6.43. The molecular formula is C30H32BNO2. The van der Waals surface area contributed by atoms with E-state index in [1.807, 2.05) is 0 Å². The van der Waals surface area contributed by atoms with Crippen molar-refractivity contribution in [2.75, 3.05) is 7.11 Å². The minimum absolute atomic E-state index is 0.345. The molecule has 172 valence electrons. The second-order valence-corrected chi connectivity index (χ2v) is 10.1. The molecule has 2 fully saturated rings. The Hall–Kier alpha value is -2.66. The van der Waals surface area contributed by atoms with E-state index in [1.165, 1.54) is 64.8 Å². The molecule has 4 aromatic carbocycles. The molecule has 1 N–H and O–H groups in total. The van der Waals surface area contributed by atoms with Gasteiger partial charge in [-0.3, -0.25) is 5.23 Å². The third-order valence-electron chi connectivity index (χ3n) is 8.41. The third kappa shape index (κ3) is 3.16. The van der Waals surface area contributed by atoms with Gasteiger partial charge in [-0.25, -0.2) is 0 Å². The average molecular weight is 449 g/mol. The van der Waals surface area contributed by atoms with Crippen molar-refractivity contribution in [3.63, 3.8) is 0 Å². The normalized spacial score (nSPS) is 23.1. The van der Waals surface area contributed by atoms with Crippen molar-refractivity contribution in [2.45, 2.75) is 50.2 Å². The number of rotatable bonds is 4. The van der Waals surface area contributed by atoms with Gasteiger partial charge in [-0.05, 0) is 58.4 Å². The van der Waals surface area contributed by atoms with E-state index in [2.05, 4.69) is 97.1 Å². The van der Waals surface area contributed by atoms with Gasteiger partial charge in [-0.2, -0.15) is 0 Å². The molecular weight excluding hydrogens is 417 g/mol. The zero-order chi connectivity index (χ0) is 23.2. The average Bonchev–Trinajstić information content (AvgIpc) is 3.22. The van der Waals surface area contributed by atoms with Crippen LogP contribution < -0.4 is 5.23 Å². The van der Waals surface area contributed by atoms with Crippen LogP contribution >= 0.6 is 0 Å². The van der Waals surface area contributed by atoms with Crippen LogP contribution in [0.3, 0.4) is 0 Å². The number of benzene rings is 4. The van der Waals surface area contributed by atoms with Crippen molar-refractivity contribution < 1.29 is 9.31 Å². The molecule has 0 spiro atoms. The summed E-state index contributed by atoms with van der Waals surface area (Å²) in [4.78, 5) is 0. The van der Waals surface area contributed by atoms with E-state index in [4.69, 9.17) is 9.31 Å². The van der Waals surface area contributed by atoms with Gasteiger partial charge in [0, 0.05) is 12.6 Å². The van der Waals surface area contributed by atoms with Gasteiger partial charge in [-0.15, -0.1) is 0 Å². The highest BCUT2D eigenvalue weighted by Gasteiger charge is 2.64. The summed E-state index contributed by atoms with van der Waals surface area (Å²) in [6.07, 6.45) is 6.24. The molecule has 0 bridgehead atoms. The van der Waals surface area contributed by atoms with Crippen LogP contribution in [0.4, 0.5) is 0 Å². The molecule has 4 aromatic rings. The van der Waals surface area contributed by atoms with Crippen LogP contribution in [0.1, 0.15) is 50.2 Å². The molecule has 1 saturated carbocycles. The summed E-state index contributed by atoms with van der Waals surface area (Å²) in [7, 11) is 1.26. The van der Waals surface area contributed by atoms with Gasteiger partial charge in [0.1, 0.15) is 5.60 Å². The van der Waals surface area contributed by atoms with Gasteiger partial charge in [0.2, 0.25) is 0 Å². The lowest BCUT2D eigenvalue weighted by Gasteiger charge is -2.50. The monoisotopic (exact) mass is 449 g/mol. The molecule has 0 radical (unpaired) electrons. The molecule has 0 amide bonds. The van der Waals surface area contributed by atoms with Gasteiger partial charge in [0.05, 0.1) is 0 Å². The maximum Gasteiger partial charge on any atom is 0.556 e. The second kappa shape index (κ2) is 8.53. The van der Waals surface area contributed by atoms with E-state index >= 15 is 0 Å². The molecule has 4 heteroatoms. The van der Waals surface area contributed by atoms with Gasteiger partial charge >= 0.3 is 7.25 Å². The number of fused-ring (bicyclic) bond motifs is 2. The standard InChI is InChI=1S/C30H32BNO2/c1-29(24-16-4-3-5-17-24)30(34-31(32-29)33-2,27-20-10-14-22-12-6-8-18-25(22)27)28-21-11-15-23-13-7-9-19-26(23)28/h6-15,18-21,24,32H,3-5,16-17H2,1-2H3/t29-/m0/s1. The predicted molar refractivity (Wildman–Crippen MR) is 141 cm³/mol. The fraction of sp³-hybridized carbons (Fsp3) is 0.333. The third-order valence-corrected chi connectivity index (χ3v) is 8.41. The van der Waals surface area contributed by atoms with E-state index < -0.39 is 12.9 Å². The fourth-order valence-corrected chi connectivity index (χ4v) is 6.75. The van der Waals surface area contributed by atoms with Gasteiger partial charge in [-0.1, -0.05) is 104 Å². The highest BCUT2D eigenvalue weighted by atomic mass is 16.6. The van der Waals surface area contributed by atoms with E-state index in [0.717, 1.165) is 0 Å². The van der Waals surface area contributed by atoms with Crippen molar-refractivity contribution in [1.82, 2.24) is 5.23 Å². The highest BCUT2D eigenvalue weighted by Crippen LogP contribution is 2.55. The van der Waals surface area contributed by atoms with Crippen LogP contribution in [0.15, 0.2) is 84.9 Å². The quantitative estimate of drug-likeness (QED) is 0.347. The largest absolute Gasteiger partial charge is 0.556 e. The van der Waals surface area contributed by atoms with Crippen LogP contribution in [-0.2, 0) is 14.9 Å². The summed E-state index contributed by atoms with van der Waals surface area (Å²) in [5, 5.41) is 8.79. The van der Waals surface area contributed by atoms with Crippen LogP contribution in [0.25, 0.3) is 21.5 Å². The predicted octanol–water partition coefficient (Wildman–Crippen LogP) is 6.83. The van der Waals surface area contributed by atoms with Crippen LogP contribution in [0.5, 0.6) is 0 Å². The van der Waals surface area contributed by atoms with Crippen molar-refractivity contribution in [3.8, 4) is 0 Å². The first kappa shape index (κ1) is 21.9. The summed E-state index contributed by atoms with van der Waals surface area (Å²) < 4.78 is 13.0. The van der Waals surface area contributed by atoms with E-state index in [9.17, 15) is 0 Å². The first-order valence-corrected chi connectivity index (χ1v) is 12.6. The maximum atomic E-state index is 7.12. The number of hydrogen-bond donors (Lipinski definition) is 1. The Kier molecular flexibility index (Phi) is 5.48. The van der Waals surface area contributed by atoms with Gasteiger partial charge in [0.15, 0.2) is 0 Å². The number of hydrogen-bond acceptors (Lipinski definition) is 3. The smallest absolute Gasteiger partial charge is 0.400 e. The lowest BCUT2D eigenvalue weighted by molar-refractivity contribution is 0.0135. The fourth-order valence-electron chi connectivity index (χ4n) is 6.75. The molecule has 3 nitrogen and oxygen atoms in total. The first-order chi connectivity index (χ1) is 16.7. The molecule has 0 aromatic heterocycles. The molecule has 1 aliphatic heterocycles. The molecule has 1 saturated heterocycles. The Balaban J connectivity index is 1.73. The van der Waals surface area contributed by atoms with Crippen molar-refractivity contribution in [3.05, 3.63) is 96.1 Å². The Morgan fingerprint density at radius 2 is 1.29 bits per heavy atom. The van der Waals surface area contributed by atoms with Crippen LogP contribution in [0, 0.1) is 5.92 Å². The van der Waals surface area contributed by atoms with Crippen LogP contribution in [0.2, 0.25) is 0 Å². The summed E-state index contributed by atoms with van der Waals surface area (Å²) in [6.45, 7) is 2.38. The summed E-state index contributed by atoms with van der Waals surface area (Å²) in [5.74, 6) is 0.472. The lowest BCUT2D eigenvalue weighted by Crippen LogP contribution is -2.59. The van der Waals surface area contributed by atoms with Gasteiger partial charge in [0.25, 0.3) is 0 Å². The minimum Gasteiger partial charge on any atom is -0.400 e. The SMILES string of the molecule is COB1N[C@@](C)(C2CCCCC2)C(c2cccc3ccccc23)(c2cccc3ccccc23)O1. The van der Waals surface area contributed by atoms with Crippen molar-refractivity contribution in [1.29, 1.82) is 0 Å². The molecule has 6 rings (SSSR count). The summed E-state index contributed by atoms with van der Waals surface area (Å²) >= 11 is 0. The first-order valence-electron chi connectivity index (χ1n) is 12.6. The summed E-state index contributed by atoms with van der Waals surface area (Å²) in [6, 6.07) is 30.7. The van der Waals surface area contributed by atoms with Crippen molar-refractivity contribution >= 4 is 28.8 Å². The molecule has 1 heterocycles. The Morgan fingerprint density at radius 1 is 0.765 bits per heavy atom. The Labute approximate surface area is 202 Å². The Morgan fingerprint density at radius 3 is 1.85 bits per heavy atom. The molecule has 2 aliphatic rings. The molecule has 1 aliphatic carbocycles. The van der Waals surface area contributed by atoms with Crippen LogP contribution in [-0.4, -0.2) is 19.9 Å². The summed E-state index contributed by atoms with van der Waals surface area (Å²) in [5.41, 5.74) is 1.36. The van der Waals surface area contributed by atoms with E-state index in [1.54, 1.807) is 7.11 Å². The lowest BCUT2D eigenvalue weighted by atomic mass is 9.61. The van der Waals surface area contributed by atoms with Gasteiger partial charge < -0.3 is 9.31 Å². The van der Waals surface area contributed by atoms with E-state index in [-0.39, 0.29) is 5.54 Å². The second-order valence-electron chi connectivity index (χ2n) is 10.1. The Bertz CT molecular complexity index is 1240. The molecule has 1 atom stereocenters. The zero-order valence-electron chi connectivity index (χ0n) is 20.1. The zero-order valence-corrected chi connectivity index (χ0v) is 20.1. The molecule has 34 heavy (non-hydrogen) atoms. The molecule has 0 unspecified atom stereocenters.